The number of allylic oxidation sites excluding steroid dienone is 1. The van der Waals surface area contributed by atoms with E-state index in [1.165, 1.54) is 60.5 Å². The number of nitrogens with zero attached hydrogens (tertiary/aromatic N) is 1. The molecule has 1 aliphatic rings. The quantitative estimate of drug-likeness (QED) is 0.240. The van der Waals surface area contributed by atoms with Gasteiger partial charge in [0.15, 0.2) is 0 Å². The van der Waals surface area contributed by atoms with E-state index in [4.69, 9.17) is 4.98 Å². The third-order valence-electron chi connectivity index (χ3n) is 7.39. The fourth-order valence-electron chi connectivity index (χ4n) is 5.80. The highest BCUT2D eigenvalue weighted by atomic mass is 14.7. The SMILES string of the molecule is C1=Cc2c(ccnc2-c2c3ccccc3c(-c3ccccc3-c3ccccc3)c3ccccc23)CC1. The first-order chi connectivity index (χ1) is 17.9. The number of benzene rings is 5. The van der Waals surface area contributed by atoms with Gasteiger partial charge in [-0.1, -0.05) is 115 Å². The van der Waals surface area contributed by atoms with E-state index in [0.717, 1.165) is 18.5 Å². The highest BCUT2D eigenvalue weighted by molar-refractivity contribution is 6.22. The van der Waals surface area contributed by atoms with Crippen molar-refractivity contribution < 1.29 is 0 Å². The summed E-state index contributed by atoms with van der Waals surface area (Å²) in [6.45, 7) is 0. The zero-order valence-corrected chi connectivity index (χ0v) is 20.0. The predicted molar refractivity (Wildman–Crippen MR) is 153 cm³/mol. The Hall–Kier alpha value is -4.49. The number of hydrogen-bond donors (Lipinski definition) is 0. The van der Waals surface area contributed by atoms with Crippen LogP contribution in [0.3, 0.4) is 0 Å². The van der Waals surface area contributed by atoms with E-state index in [-0.39, 0.29) is 0 Å². The van der Waals surface area contributed by atoms with Gasteiger partial charge >= 0.3 is 0 Å². The molecule has 0 atom stereocenters. The summed E-state index contributed by atoms with van der Waals surface area (Å²) in [6.07, 6.45) is 8.69. The molecule has 1 aromatic heterocycles. The smallest absolute Gasteiger partial charge is 0.0789 e. The molecule has 0 amide bonds. The predicted octanol–water partition coefficient (Wildman–Crippen LogP) is 9.35. The molecule has 1 nitrogen and oxygen atoms in total. The molecule has 6 aromatic rings. The first-order valence-electron chi connectivity index (χ1n) is 12.6. The van der Waals surface area contributed by atoms with E-state index in [0.29, 0.717) is 0 Å². The highest BCUT2D eigenvalue weighted by Gasteiger charge is 2.21. The molecular formula is C35H25N. The number of aromatic nitrogens is 1. The summed E-state index contributed by atoms with van der Waals surface area (Å²) in [5.74, 6) is 0. The third-order valence-corrected chi connectivity index (χ3v) is 7.39. The average molecular weight is 460 g/mol. The van der Waals surface area contributed by atoms with Crippen molar-refractivity contribution in [1.29, 1.82) is 0 Å². The Balaban J connectivity index is 1.63. The lowest BCUT2D eigenvalue weighted by atomic mass is 9.83. The Morgan fingerprint density at radius 2 is 1.11 bits per heavy atom. The third kappa shape index (κ3) is 3.28. The van der Waals surface area contributed by atoms with Crippen LogP contribution in [0.2, 0.25) is 0 Å². The number of aryl methyl sites for hydroxylation is 1. The molecule has 7 rings (SSSR count). The summed E-state index contributed by atoms with van der Waals surface area (Å²) in [4.78, 5) is 4.98. The molecule has 0 spiro atoms. The second-order valence-electron chi connectivity index (χ2n) is 9.43. The van der Waals surface area contributed by atoms with Crippen molar-refractivity contribution in [3.63, 3.8) is 0 Å². The van der Waals surface area contributed by atoms with Crippen LogP contribution in [-0.2, 0) is 6.42 Å². The van der Waals surface area contributed by atoms with Crippen molar-refractivity contribution in [3.05, 3.63) is 133 Å². The number of rotatable bonds is 3. The van der Waals surface area contributed by atoms with E-state index < -0.39 is 0 Å². The largest absolute Gasteiger partial charge is 0.256 e. The van der Waals surface area contributed by atoms with Gasteiger partial charge in [0, 0.05) is 17.3 Å². The van der Waals surface area contributed by atoms with Gasteiger partial charge in [0.25, 0.3) is 0 Å². The molecule has 0 fully saturated rings. The normalized spacial score (nSPS) is 12.7. The lowest BCUT2D eigenvalue weighted by Crippen LogP contribution is -2.00. The Morgan fingerprint density at radius 1 is 0.528 bits per heavy atom. The van der Waals surface area contributed by atoms with Crippen molar-refractivity contribution in [2.45, 2.75) is 12.8 Å². The zero-order chi connectivity index (χ0) is 23.9. The minimum atomic E-state index is 1.07. The topological polar surface area (TPSA) is 12.9 Å². The van der Waals surface area contributed by atoms with Gasteiger partial charge in [-0.2, -0.15) is 0 Å². The molecule has 1 heteroatoms. The first-order valence-corrected chi connectivity index (χ1v) is 12.6. The molecule has 0 aliphatic heterocycles. The molecule has 0 saturated heterocycles. The minimum absolute atomic E-state index is 1.07. The molecule has 0 unspecified atom stereocenters. The van der Waals surface area contributed by atoms with E-state index in [1.807, 2.05) is 6.20 Å². The van der Waals surface area contributed by atoms with Gasteiger partial charge in [0.1, 0.15) is 0 Å². The van der Waals surface area contributed by atoms with Crippen LogP contribution in [-0.4, -0.2) is 4.98 Å². The van der Waals surface area contributed by atoms with Crippen LogP contribution in [0.25, 0.3) is 61.1 Å². The van der Waals surface area contributed by atoms with E-state index >= 15 is 0 Å². The average Bonchev–Trinajstić information content (AvgIpc) is 2.96. The van der Waals surface area contributed by atoms with Gasteiger partial charge in [0.05, 0.1) is 5.69 Å². The molecule has 0 bridgehead atoms. The fourth-order valence-corrected chi connectivity index (χ4v) is 5.80. The maximum atomic E-state index is 4.98. The summed E-state index contributed by atoms with van der Waals surface area (Å²) in [6, 6.07) is 39.4. The van der Waals surface area contributed by atoms with E-state index in [1.54, 1.807) is 0 Å². The number of pyridine rings is 1. The molecule has 36 heavy (non-hydrogen) atoms. The maximum Gasteiger partial charge on any atom is 0.0789 e. The van der Waals surface area contributed by atoms with Crippen LogP contribution in [0.5, 0.6) is 0 Å². The summed E-state index contributed by atoms with van der Waals surface area (Å²) in [7, 11) is 0. The van der Waals surface area contributed by atoms with E-state index in [9.17, 15) is 0 Å². The van der Waals surface area contributed by atoms with Crippen LogP contribution in [0.4, 0.5) is 0 Å². The van der Waals surface area contributed by atoms with Gasteiger partial charge in [0.2, 0.25) is 0 Å². The fraction of sp³-hybridized carbons (Fsp3) is 0.0571. The van der Waals surface area contributed by atoms with Crippen LogP contribution in [0.1, 0.15) is 17.5 Å². The number of fused-ring (bicyclic) bond motifs is 3. The maximum absolute atomic E-state index is 4.98. The minimum Gasteiger partial charge on any atom is -0.256 e. The van der Waals surface area contributed by atoms with Crippen LogP contribution >= 0.6 is 0 Å². The van der Waals surface area contributed by atoms with Gasteiger partial charge in [-0.3, -0.25) is 4.98 Å². The number of hydrogen-bond acceptors (Lipinski definition) is 1. The second-order valence-corrected chi connectivity index (χ2v) is 9.43. The van der Waals surface area contributed by atoms with Crippen molar-refractivity contribution in [2.24, 2.45) is 0 Å². The highest BCUT2D eigenvalue weighted by Crippen LogP contribution is 2.46. The monoisotopic (exact) mass is 459 g/mol. The Bertz CT molecular complexity index is 1720. The van der Waals surface area contributed by atoms with Gasteiger partial charge in [-0.25, -0.2) is 0 Å². The Morgan fingerprint density at radius 3 is 1.81 bits per heavy atom. The molecular weight excluding hydrogens is 434 g/mol. The molecule has 1 aliphatic carbocycles. The molecule has 1 heterocycles. The Kier molecular flexibility index (Phi) is 4.99. The summed E-state index contributed by atoms with van der Waals surface area (Å²) >= 11 is 0. The lowest BCUT2D eigenvalue weighted by molar-refractivity contribution is 0.979. The summed E-state index contributed by atoms with van der Waals surface area (Å²) in [5, 5.41) is 5.01. The second kappa shape index (κ2) is 8.62. The molecule has 0 saturated carbocycles. The van der Waals surface area contributed by atoms with Gasteiger partial charge in [-0.05, 0) is 68.3 Å². The van der Waals surface area contributed by atoms with Gasteiger partial charge in [-0.15, -0.1) is 0 Å². The van der Waals surface area contributed by atoms with E-state index in [2.05, 4.69) is 121 Å². The van der Waals surface area contributed by atoms with Crippen LogP contribution < -0.4 is 0 Å². The van der Waals surface area contributed by atoms with Crippen molar-refractivity contribution in [2.75, 3.05) is 0 Å². The molecule has 0 N–H and O–H groups in total. The summed E-state index contributed by atoms with van der Waals surface area (Å²) in [5.41, 5.74) is 9.97. The first kappa shape index (κ1) is 20.8. The molecule has 5 aromatic carbocycles. The van der Waals surface area contributed by atoms with Crippen LogP contribution in [0.15, 0.2) is 121 Å². The summed E-state index contributed by atoms with van der Waals surface area (Å²) < 4.78 is 0. The van der Waals surface area contributed by atoms with Crippen molar-refractivity contribution in [3.8, 4) is 33.5 Å². The Labute approximate surface area is 211 Å². The molecule has 0 radical (unpaired) electrons. The van der Waals surface area contributed by atoms with Crippen LogP contribution in [0, 0.1) is 0 Å². The van der Waals surface area contributed by atoms with Gasteiger partial charge < -0.3 is 0 Å². The standard InChI is InChI=1S/C35H25N/c1-2-12-24(13-3-1)26-15-6-7-17-28(26)33-29-18-8-10-20-31(29)34(32-21-11-9-19-30(32)33)35-27-16-5-4-14-25(27)22-23-36-35/h1-3,5-13,15-23H,4,14H2. The zero-order valence-electron chi connectivity index (χ0n) is 20.0. The van der Waals surface area contributed by atoms with Crippen molar-refractivity contribution >= 4 is 27.6 Å². The molecule has 170 valence electrons. The van der Waals surface area contributed by atoms with Crippen molar-refractivity contribution in [1.82, 2.24) is 4.98 Å². The lowest BCUT2D eigenvalue weighted by Gasteiger charge is -2.21.